The van der Waals surface area contributed by atoms with Crippen molar-refractivity contribution in [1.29, 1.82) is 0 Å². The summed E-state index contributed by atoms with van der Waals surface area (Å²) in [5.74, 6) is 0.450. The normalized spacial score (nSPS) is 9.88. The minimum atomic E-state index is 0.178. The maximum Gasteiger partial charge on any atom is 0.170 e. The van der Waals surface area contributed by atoms with Crippen molar-refractivity contribution in [2.75, 3.05) is 0 Å². The molecule has 0 saturated carbocycles. The average Bonchev–Trinajstić information content (AvgIpc) is 2.38. The molecule has 80 valence electrons. The number of hydrogen-bond acceptors (Lipinski definition) is 3. The monoisotopic (exact) mass is 219 g/mol. The van der Waals surface area contributed by atoms with Crippen molar-refractivity contribution in [3.63, 3.8) is 0 Å². The molecule has 0 fully saturated rings. The molecule has 0 saturated heterocycles. The average molecular weight is 219 g/mol. The van der Waals surface area contributed by atoms with E-state index in [4.69, 9.17) is 7.85 Å². The van der Waals surface area contributed by atoms with Crippen molar-refractivity contribution in [1.82, 2.24) is 9.97 Å². The third kappa shape index (κ3) is 2.15. The van der Waals surface area contributed by atoms with Crippen LogP contribution in [0, 0.1) is 0 Å². The molecule has 2 radical (unpaired) electrons. The lowest BCUT2D eigenvalue weighted by Gasteiger charge is -2.08. The van der Waals surface area contributed by atoms with Gasteiger partial charge in [-0.15, -0.1) is 0 Å². The fourth-order valence-electron chi connectivity index (χ4n) is 1.60. The molecule has 0 N–H and O–H groups in total. The van der Waals surface area contributed by atoms with Gasteiger partial charge < -0.3 is 0 Å². The zero-order valence-corrected chi connectivity index (χ0v) is 9.30. The Bertz CT molecular complexity index is 564. The first-order chi connectivity index (χ1) is 8.26. The first-order valence-corrected chi connectivity index (χ1v) is 5.08. The SMILES string of the molecule is [B]c1nc(N=C)c(C=C)c(-c2ccccc2)n1. The molecule has 1 aromatic heterocycles. The summed E-state index contributed by atoms with van der Waals surface area (Å²) in [4.78, 5) is 12.1. The van der Waals surface area contributed by atoms with Gasteiger partial charge in [-0.2, -0.15) is 0 Å². The van der Waals surface area contributed by atoms with Crippen LogP contribution in [0.3, 0.4) is 0 Å². The highest BCUT2D eigenvalue weighted by molar-refractivity contribution is 6.29. The molecule has 0 atom stereocenters. The van der Waals surface area contributed by atoms with Crippen LogP contribution in [0.4, 0.5) is 5.82 Å². The van der Waals surface area contributed by atoms with Gasteiger partial charge in [0.2, 0.25) is 0 Å². The van der Waals surface area contributed by atoms with Crippen molar-refractivity contribution in [2.24, 2.45) is 4.99 Å². The van der Waals surface area contributed by atoms with Gasteiger partial charge in [-0.1, -0.05) is 43.0 Å². The molecule has 2 rings (SSSR count). The number of aliphatic imine (C=N–C) groups is 1. The molecule has 0 aliphatic carbocycles. The predicted octanol–water partition coefficient (Wildman–Crippen LogP) is 1.91. The maximum atomic E-state index is 5.65. The standard InChI is InChI=1S/C13H10BN3/c1-3-10-11(9-7-5-4-6-8-9)16-13(14)17-12(10)15-2/h3-8H,1-2H2. The van der Waals surface area contributed by atoms with Gasteiger partial charge >= 0.3 is 0 Å². The zero-order chi connectivity index (χ0) is 12.3. The number of aromatic nitrogens is 2. The Morgan fingerprint density at radius 3 is 2.47 bits per heavy atom. The van der Waals surface area contributed by atoms with Crippen LogP contribution < -0.4 is 5.72 Å². The van der Waals surface area contributed by atoms with E-state index in [1.807, 2.05) is 30.3 Å². The highest BCUT2D eigenvalue weighted by Crippen LogP contribution is 2.26. The summed E-state index contributed by atoms with van der Waals surface area (Å²) < 4.78 is 0. The summed E-state index contributed by atoms with van der Waals surface area (Å²) in [5.41, 5.74) is 2.58. The highest BCUT2D eigenvalue weighted by Gasteiger charge is 2.10. The molecule has 0 aliphatic rings. The van der Waals surface area contributed by atoms with Crippen LogP contribution in [0.2, 0.25) is 0 Å². The smallest absolute Gasteiger partial charge is 0.170 e. The fourth-order valence-corrected chi connectivity index (χ4v) is 1.60. The van der Waals surface area contributed by atoms with Gasteiger partial charge in [0.1, 0.15) is 0 Å². The van der Waals surface area contributed by atoms with Gasteiger partial charge in [0.25, 0.3) is 0 Å². The lowest BCUT2D eigenvalue weighted by molar-refractivity contribution is 1.21. The van der Waals surface area contributed by atoms with E-state index >= 15 is 0 Å². The first kappa shape index (κ1) is 11.3. The second kappa shape index (κ2) is 4.74. The second-order valence-corrected chi connectivity index (χ2v) is 3.40. The molecule has 4 heteroatoms. The molecular formula is C13H10BN3. The van der Waals surface area contributed by atoms with Crippen LogP contribution in [0.5, 0.6) is 0 Å². The summed E-state index contributed by atoms with van der Waals surface area (Å²) in [7, 11) is 5.65. The summed E-state index contributed by atoms with van der Waals surface area (Å²) in [6, 6.07) is 9.70. The summed E-state index contributed by atoms with van der Waals surface area (Å²) >= 11 is 0. The first-order valence-electron chi connectivity index (χ1n) is 5.08. The van der Waals surface area contributed by atoms with E-state index in [2.05, 4.69) is 28.3 Å². The number of hydrogen-bond donors (Lipinski definition) is 0. The Hall–Kier alpha value is -2.23. The van der Waals surface area contributed by atoms with Crippen molar-refractivity contribution in [2.45, 2.75) is 0 Å². The number of benzene rings is 1. The van der Waals surface area contributed by atoms with Gasteiger partial charge in [-0.25, -0.2) is 15.0 Å². The Morgan fingerprint density at radius 2 is 1.88 bits per heavy atom. The summed E-state index contributed by atoms with van der Waals surface area (Å²) in [6.45, 7) is 7.22. The van der Waals surface area contributed by atoms with Crippen molar-refractivity contribution >= 4 is 32.2 Å². The Morgan fingerprint density at radius 1 is 1.18 bits per heavy atom. The Kier molecular flexibility index (Phi) is 3.14. The maximum absolute atomic E-state index is 5.65. The molecular weight excluding hydrogens is 209 g/mol. The number of nitrogens with zero attached hydrogens (tertiary/aromatic N) is 3. The molecule has 1 heterocycles. The molecule has 0 spiro atoms. The van der Waals surface area contributed by atoms with Gasteiger partial charge in [0.05, 0.1) is 11.4 Å². The van der Waals surface area contributed by atoms with E-state index in [9.17, 15) is 0 Å². The number of rotatable bonds is 3. The van der Waals surface area contributed by atoms with E-state index in [1.54, 1.807) is 6.08 Å². The third-order valence-electron chi connectivity index (χ3n) is 2.34. The molecule has 0 bridgehead atoms. The van der Waals surface area contributed by atoms with E-state index in [0.29, 0.717) is 5.82 Å². The zero-order valence-electron chi connectivity index (χ0n) is 9.30. The molecule has 0 aliphatic heterocycles. The van der Waals surface area contributed by atoms with Crippen LogP contribution in [0.1, 0.15) is 5.56 Å². The van der Waals surface area contributed by atoms with Crippen LogP contribution in [-0.4, -0.2) is 24.5 Å². The van der Waals surface area contributed by atoms with Gasteiger partial charge in [-0.3, -0.25) is 0 Å². The van der Waals surface area contributed by atoms with Gasteiger partial charge in [-0.05, 0) is 6.72 Å². The molecule has 0 unspecified atom stereocenters. The minimum absolute atomic E-state index is 0.178. The molecule has 17 heavy (non-hydrogen) atoms. The Labute approximate surface area is 101 Å². The lowest BCUT2D eigenvalue weighted by Crippen LogP contribution is -2.15. The predicted molar refractivity (Wildman–Crippen MR) is 72.2 cm³/mol. The molecule has 0 amide bonds. The van der Waals surface area contributed by atoms with Gasteiger partial charge in [0.15, 0.2) is 13.7 Å². The van der Waals surface area contributed by atoms with Gasteiger partial charge in [0, 0.05) is 11.1 Å². The highest BCUT2D eigenvalue weighted by atomic mass is 15.0. The van der Waals surface area contributed by atoms with E-state index in [-0.39, 0.29) is 5.72 Å². The van der Waals surface area contributed by atoms with Crippen LogP contribution >= 0.6 is 0 Å². The minimum Gasteiger partial charge on any atom is -0.244 e. The van der Waals surface area contributed by atoms with E-state index in [1.165, 1.54) is 0 Å². The molecule has 3 nitrogen and oxygen atoms in total. The summed E-state index contributed by atoms with van der Waals surface area (Å²) in [5, 5.41) is 0. The summed E-state index contributed by atoms with van der Waals surface area (Å²) in [6.07, 6.45) is 1.66. The fraction of sp³-hybridized carbons (Fsp3) is 0. The van der Waals surface area contributed by atoms with Crippen molar-refractivity contribution in [3.05, 3.63) is 42.5 Å². The molecule has 2 aromatic rings. The van der Waals surface area contributed by atoms with Crippen LogP contribution in [0.15, 0.2) is 41.9 Å². The topological polar surface area (TPSA) is 38.1 Å². The lowest BCUT2D eigenvalue weighted by atomic mass is 10.0. The Balaban J connectivity index is 2.72. The second-order valence-electron chi connectivity index (χ2n) is 3.40. The van der Waals surface area contributed by atoms with E-state index < -0.39 is 0 Å². The van der Waals surface area contributed by atoms with E-state index in [0.717, 1.165) is 16.8 Å². The van der Waals surface area contributed by atoms with Crippen molar-refractivity contribution in [3.8, 4) is 11.3 Å². The third-order valence-corrected chi connectivity index (χ3v) is 2.34. The quantitative estimate of drug-likeness (QED) is 0.584. The van der Waals surface area contributed by atoms with Crippen LogP contribution in [0.25, 0.3) is 17.3 Å². The van der Waals surface area contributed by atoms with Crippen LogP contribution in [-0.2, 0) is 0 Å². The molecule has 1 aromatic carbocycles. The largest absolute Gasteiger partial charge is 0.244 e. The van der Waals surface area contributed by atoms with Crippen molar-refractivity contribution < 1.29 is 0 Å².